The Hall–Kier alpha value is -1.42. The monoisotopic (exact) mass is 349 g/mol. The van der Waals surface area contributed by atoms with Crippen LogP contribution in [0.2, 0.25) is 0 Å². The van der Waals surface area contributed by atoms with E-state index in [1.807, 2.05) is 56.4 Å². The topological polar surface area (TPSA) is 20.3 Å². The van der Waals surface area contributed by atoms with E-state index in [-0.39, 0.29) is 17.8 Å². The first-order chi connectivity index (χ1) is 10.4. The fourth-order valence-corrected chi connectivity index (χ4v) is 3.23. The predicted molar refractivity (Wildman–Crippen MR) is 107 cm³/mol. The summed E-state index contributed by atoms with van der Waals surface area (Å²) in [6.45, 7) is 4.30. The summed E-state index contributed by atoms with van der Waals surface area (Å²) in [5.41, 5.74) is 1.38. The van der Waals surface area contributed by atoms with Crippen LogP contribution in [0.25, 0.3) is 20.2 Å². The summed E-state index contributed by atoms with van der Waals surface area (Å²) < 4.78 is 2.13. The first-order valence-electron chi connectivity index (χ1n) is 7.46. The van der Waals surface area contributed by atoms with Crippen molar-refractivity contribution in [3.8, 4) is 0 Å². The van der Waals surface area contributed by atoms with E-state index in [4.69, 9.17) is 0 Å². The zero-order chi connectivity index (χ0) is 16.3. The molecule has 0 fully saturated rings. The van der Waals surface area contributed by atoms with Gasteiger partial charge in [-0.2, -0.15) is 0 Å². The van der Waals surface area contributed by atoms with Crippen LogP contribution in [0, 0.1) is 0 Å². The second kappa shape index (κ2) is 8.44. The van der Waals surface area contributed by atoms with Gasteiger partial charge in [-0.1, -0.05) is 32.0 Å². The molecular formula is C19H24ClNOS. The Kier molecular flexibility index (Phi) is 7.20. The lowest BCUT2D eigenvalue weighted by Gasteiger charge is -2.07. The van der Waals surface area contributed by atoms with Crippen LogP contribution in [0.5, 0.6) is 0 Å². The van der Waals surface area contributed by atoms with Gasteiger partial charge >= 0.3 is 0 Å². The van der Waals surface area contributed by atoms with E-state index in [9.17, 15) is 4.79 Å². The molecule has 3 aromatic rings. The zero-order valence-corrected chi connectivity index (χ0v) is 15.9. The molecule has 4 heteroatoms. The summed E-state index contributed by atoms with van der Waals surface area (Å²) in [5, 5.41) is 1.68. The summed E-state index contributed by atoms with van der Waals surface area (Å²) in [6.07, 6.45) is 0. The quantitative estimate of drug-likeness (QED) is 0.567. The van der Waals surface area contributed by atoms with Crippen molar-refractivity contribution in [2.75, 3.05) is 21.1 Å². The number of hydrogen-bond donors (Lipinski definition) is 0. The fourth-order valence-electron chi connectivity index (χ4n) is 2.18. The number of benzene rings is 2. The second-order valence-corrected chi connectivity index (χ2v) is 7.26. The van der Waals surface area contributed by atoms with Crippen molar-refractivity contribution in [3.63, 3.8) is 0 Å². The summed E-state index contributed by atoms with van der Waals surface area (Å²) in [5.74, 6) is 0.449. The number of fused-ring (bicyclic) bond motifs is 2. The molecule has 2 nitrogen and oxygen atoms in total. The van der Waals surface area contributed by atoms with Crippen molar-refractivity contribution in [3.05, 3.63) is 58.3 Å². The molecule has 0 aliphatic carbocycles. The molecule has 3 rings (SSSR count). The van der Waals surface area contributed by atoms with Crippen molar-refractivity contribution < 1.29 is 0 Å². The number of halogens is 1. The highest BCUT2D eigenvalue weighted by Gasteiger charge is 2.07. The highest BCUT2D eigenvalue weighted by atomic mass is 35.5. The molecule has 0 amide bonds. The van der Waals surface area contributed by atoms with E-state index >= 15 is 0 Å². The molecule has 0 aliphatic rings. The van der Waals surface area contributed by atoms with Crippen LogP contribution in [-0.4, -0.2) is 26.0 Å². The highest BCUT2D eigenvalue weighted by molar-refractivity contribution is 7.24. The van der Waals surface area contributed by atoms with Crippen LogP contribution >= 0.6 is 23.7 Å². The number of rotatable bonds is 1. The standard InChI is InChI=1S/C16H14OS.C3H9N.ClH/c1-10(2)11-7-8-15-13(9-11)16(17)12-5-3-4-6-14(12)18-15;1-4(2)3;/h3-10H,1-2H3;1-3H3;1H. The van der Waals surface area contributed by atoms with Crippen LogP contribution < -0.4 is 5.43 Å². The van der Waals surface area contributed by atoms with Gasteiger partial charge in [0.05, 0.1) is 0 Å². The van der Waals surface area contributed by atoms with Gasteiger partial charge in [-0.3, -0.25) is 4.79 Å². The first-order valence-corrected chi connectivity index (χ1v) is 8.28. The van der Waals surface area contributed by atoms with Crippen LogP contribution in [0.15, 0.2) is 47.3 Å². The fraction of sp³-hybridized carbons (Fsp3) is 0.316. The Bertz CT molecular complexity index is 837. The molecule has 0 saturated carbocycles. The normalized spacial score (nSPS) is 10.6. The third-order valence-corrected chi connectivity index (χ3v) is 4.42. The SMILES string of the molecule is CC(C)c1ccc2sc3ccccc3c(=O)c2c1.CN(C)C.Cl. The molecule has 23 heavy (non-hydrogen) atoms. The van der Waals surface area contributed by atoms with Gasteiger partial charge in [-0.25, -0.2) is 0 Å². The van der Waals surface area contributed by atoms with Crippen molar-refractivity contribution >= 4 is 43.9 Å². The van der Waals surface area contributed by atoms with E-state index in [1.165, 1.54) is 5.56 Å². The van der Waals surface area contributed by atoms with Gasteiger partial charge < -0.3 is 4.90 Å². The van der Waals surface area contributed by atoms with Gasteiger partial charge in [-0.15, -0.1) is 23.7 Å². The zero-order valence-electron chi connectivity index (χ0n) is 14.3. The first kappa shape index (κ1) is 19.6. The van der Waals surface area contributed by atoms with Gasteiger partial charge in [0.15, 0.2) is 5.43 Å². The van der Waals surface area contributed by atoms with E-state index in [0.717, 1.165) is 20.2 Å². The molecule has 0 bridgehead atoms. The maximum Gasteiger partial charge on any atom is 0.195 e. The van der Waals surface area contributed by atoms with Gasteiger partial charge in [0, 0.05) is 20.2 Å². The Balaban J connectivity index is 0.000000478. The Labute approximate surface area is 148 Å². The molecule has 0 aliphatic heterocycles. The summed E-state index contributed by atoms with van der Waals surface area (Å²) in [7, 11) is 6.00. The van der Waals surface area contributed by atoms with Crippen molar-refractivity contribution in [1.29, 1.82) is 0 Å². The van der Waals surface area contributed by atoms with Crippen molar-refractivity contribution in [2.24, 2.45) is 0 Å². The summed E-state index contributed by atoms with van der Waals surface area (Å²) in [4.78, 5) is 14.5. The minimum atomic E-state index is 0. The average Bonchev–Trinajstić information content (AvgIpc) is 2.46. The molecule has 124 valence electrons. The van der Waals surface area contributed by atoms with Crippen molar-refractivity contribution in [1.82, 2.24) is 4.90 Å². The minimum Gasteiger partial charge on any atom is -0.312 e. The van der Waals surface area contributed by atoms with Crippen LogP contribution in [-0.2, 0) is 0 Å². The lowest BCUT2D eigenvalue weighted by atomic mass is 10.0. The minimum absolute atomic E-state index is 0. The molecule has 1 heterocycles. The average molecular weight is 350 g/mol. The summed E-state index contributed by atoms with van der Waals surface area (Å²) in [6, 6.07) is 14.1. The molecule has 0 saturated heterocycles. The van der Waals surface area contributed by atoms with Gasteiger partial charge in [0.1, 0.15) is 0 Å². The lowest BCUT2D eigenvalue weighted by Crippen LogP contribution is -2.01. The summed E-state index contributed by atoms with van der Waals surface area (Å²) >= 11 is 1.69. The van der Waals surface area contributed by atoms with E-state index < -0.39 is 0 Å². The van der Waals surface area contributed by atoms with Gasteiger partial charge in [0.2, 0.25) is 0 Å². The Morgan fingerprint density at radius 3 is 2.09 bits per heavy atom. The van der Waals surface area contributed by atoms with Gasteiger partial charge in [0.25, 0.3) is 0 Å². The van der Waals surface area contributed by atoms with Crippen LogP contribution in [0.1, 0.15) is 25.3 Å². The molecule has 0 N–H and O–H groups in total. The largest absolute Gasteiger partial charge is 0.312 e. The molecule has 2 aromatic carbocycles. The maximum atomic E-state index is 12.5. The molecule has 0 unspecified atom stereocenters. The third kappa shape index (κ3) is 4.77. The van der Waals surface area contributed by atoms with Crippen LogP contribution in [0.4, 0.5) is 0 Å². The molecule has 0 radical (unpaired) electrons. The van der Waals surface area contributed by atoms with E-state index in [2.05, 4.69) is 26.0 Å². The van der Waals surface area contributed by atoms with Crippen LogP contribution in [0.3, 0.4) is 0 Å². The van der Waals surface area contributed by atoms with Crippen molar-refractivity contribution in [2.45, 2.75) is 19.8 Å². The smallest absolute Gasteiger partial charge is 0.195 e. The highest BCUT2D eigenvalue weighted by Crippen LogP contribution is 2.26. The van der Waals surface area contributed by atoms with Gasteiger partial charge in [-0.05, 0) is 56.9 Å². The van der Waals surface area contributed by atoms with E-state index in [0.29, 0.717) is 5.92 Å². The number of hydrogen-bond acceptors (Lipinski definition) is 3. The Morgan fingerprint density at radius 2 is 1.48 bits per heavy atom. The molecular weight excluding hydrogens is 326 g/mol. The molecule has 0 spiro atoms. The predicted octanol–water partition coefficient (Wildman–Crippen LogP) is 5.14. The second-order valence-electron chi connectivity index (χ2n) is 6.18. The lowest BCUT2D eigenvalue weighted by molar-refractivity contribution is 0.505. The van der Waals surface area contributed by atoms with E-state index in [1.54, 1.807) is 11.3 Å². The third-order valence-electron chi connectivity index (χ3n) is 3.27. The maximum absolute atomic E-state index is 12.5. The number of nitrogens with zero attached hydrogens (tertiary/aromatic N) is 1. The molecule has 0 atom stereocenters. The Morgan fingerprint density at radius 1 is 0.913 bits per heavy atom. The molecule has 1 aromatic heterocycles.